The van der Waals surface area contributed by atoms with Crippen molar-refractivity contribution in [3.05, 3.63) is 0 Å². The topological polar surface area (TPSA) is 47.5 Å². The maximum atomic E-state index is 10.1. The second-order valence-electron chi connectivity index (χ2n) is 4.06. The molecule has 13 heavy (non-hydrogen) atoms. The Morgan fingerprint density at radius 2 is 1.92 bits per heavy atom. The minimum absolute atomic E-state index is 0.296. The van der Waals surface area contributed by atoms with Gasteiger partial charge in [0.25, 0.3) is 0 Å². The summed E-state index contributed by atoms with van der Waals surface area (Å²) >= 11 is 0. The van der Waals surface area contributed by atoms with Crippen molar-refractivity contribution >= 4 is 0 Å². The van der Waals surface area contributed by atoms with Crippen LogP contribution in [0, 0.1) is 0 Å². The van der Waals surface area contributed by atoms with Crippen molar-refractivity contribution in [3.8, 4) is 0 Å². The molecule has 0 unspecified atom stereocenters. The zero-order valence-electron chi connectivity index (χ0n) is 8.80. The number of piperazine rings is 1. The molecule has 78 valence electrons. The van der Waals surface area contributed by atoms with Crippen molar-refractivity contribution in [2.24, 2.45) is 0 Å². The van der Waals surface area contributed by atoms with E-state index in [0.29, 0.717) is 6.04 Å². The number of nitrogens with zero attached hydrogens (tertiary/aromatic N) is 1. The van der Waals surface area contributed by atoms with Crippen molar-refractivity contribution in [1.82, 2.24) is 15.5 Å². The van der Waals surface area contributed by atoms with Gasteiger partial charge in [-0.25, -0.2) is 0 Å². The van der Waals surface area contributed by atoms with Gasteiger partial charge >= 0.3 is 0 Å². The molecule has 0 aromatic rings. The number of aliphatic hydroxyl groups is 1. The van der Waals surface area contributed by atoms with E-state index >= 15 is 0 Å². The third kappa shape index (κ3) is 3.23. The highest BCUT2D eigenvalue weighted by Gasteiger charge is 2.29. The molecule has 0 radical (unpaired) electrons. The minimum atomic E-state index is -0.865. The van der Waals surface area contributed by atoms with Crippen molar-refractivity contribution in [1.29, 1.82) is 0 Å². The summed E-state index contributed by atoms with van der Waals surface area (Å²) in [6.45, 7) is 9.59. The van der Waals surface area contributed by atoms with Crippen LogP contribution in [0.25, 0.3) is 0 Å². The summed E-state index contributed by atoms with van der Waals surface area (Å²) in [7, 11) is 0. The molecule has 1 saturated heterocycles. The summed E-state index contributed by atoms with van der Waals surface area (Å²) in [5, 5.41) is 16.5. The molecule has 1 aliphatic rings. The molecule has 1 rings (SSSR count). The monoisotopic (exact) mass is 187 g/mol. The number of rotatable bonds is 3. The summed E-state index contributed by atoms with van der Waals surface area (Å²) in [5.41, 5.74) is 0. The average molecular weight is 187 g/mol. The van der Waals surface area contributed by atoms with Crippen LogP contribution in [-0.4, -0.2) is 48.1 Å². The first-order valence-corrected chi connectivity index (χ1v) is 4.98. The van der Waals surface area contributed by atoms with Crippen LogP contribution in [0.3, 0.4) is 0 Å². The minimum Gasteiger partial charge on any atom is -0.363 e. The molecule has 0 bridgehead atoms. The SMILES string of the molecule is CC(C)N[C@](C)(O)N1CCNCC1. The van der Waals surface area contributed by atoms with E-state index in [-0.39, 0.29) is 0 Å². The van der Waals surface area contributed by atoms with Gasteiger partial charge in [0.05, 0.1) is 0 Å². The molecule has 0 spiro atoms. The second kappa shape index (κ2) is 4.37. The molecular formula is C9H21N3O. The normalized spacial score (nSPS) is 24.7. The molecular weight excluding hydrogens is 166 g/mol. The number of hydrogen-bond donors (Lipinski definition) is 3. The lowest BCUT2D eigenvalue weighted by molar-refractivity contribution is -0.128. The largest absolute Gasteiger partial charge is 0.363 e. The van der Waals surface area contributed by atoms with Crippen LogP contribution in [0.1, 0.15) is 20.8 Å². The van der Waals surface area contributed by atoms with E-state index < -0.39 is 5.85 Å². The third-order valence-corrected chi connectivity index (χ3v) is 2.29. The maximum Gasteiger partial charge on any atom is 0.171 e. The van der Waals surface area contributed by atoms with Gasteiger partial charge in [-0.05, 0) is 20.8 Å². The van der Waals surface area contributed by atoms with Crippen molar-refractivity contribution in [2.75, 3.05) is 26.2 Å². The van der Waals surface area contributed by atoms with Gasteiger partial charge in [0, 0.05) is 32.2 Å². The summed E-state index contributed by atoms with van der Waals surface area (Å²) in [5.74, 6) is -0.865. The number of nitrogens with one attached hydrogen (secondary N) is 2. The van der Waals surface area contributed by atoms with Crippen LogP contribution < -0.4 is 10.6 Å². The van der Waals surface area contributed by atoms with E-state index in [1.54, 1.807) is 0 Å². The second-order valence-corrected chi connectivity index (χ2v) is 4.06. The smallest absolute Gasteiger partial charge is 0.171 e. The van der Waals surface area contributed by atoms with Gasteiger partial charge in [-0.3, -0.25) is 10.2 Å². The zero-order valence-corrected chi connectivity index (χ0v) is 8.80. The summed E-state index contributed by atoms with van der Waals surface area (Å²) < 4.78 is 0. The van der Waals surface area contributed by atoms with E-state index in [2.05, 4.69) is 15.5 Å². The van der Waals surface area contributed by atoms with Crippen molar-refractivity contribution < 1.29 is 5.11 Å². The first-order valence-electron chi connectivity index (χ1n) is 4.98. The number of hydrogen-bond acceptors (Lipinski definition) is 4. The summed E-state index contributed by atoms with van der Waals surface area (Å²) in [6.07, 6.45) is 0. The first-order chi connectivity index (χ1) is 6.02. The highest BCUT2D eigenvalue weighted by molar-refractivity contribution is 4.78. The van der Waals surface area contributed by atoms with E-state index in [9.17, 15) is 5.11 Å². The molecule has 3 N–H and O–H groups in total. The first kappa shape index (κ1) is 10.9. The third-order valence-electron chi connectivity index (χ3n) is 2.29. The molecule has 1 aliphatic heterocycles. The van der Waals surface area contributed by atoms with Crippen molar-refractivity contribution in [3.63, 3.8) is 0 Å². The molecule has 1 fully saturated rings. The average Bonchev–Trinajstić information content (AvgIpc) is 2.04. The fourth-order valence-electron chi connectivity index (χ4n) is 1.74. The summed E-state index contributed by atoms with van der Waals surface area (Å²) in [6, 6.07) is 0.296. The molecule has 4 heteroatoms. The van der Waals surface area contributed by atoms with Gasteiger partial charge < -0.3 is 10.4 Å². The maximum absolute atomic E-state index is 10.1. The van der Waals surface area contributed by atoms with Crippen LogP contribution in [0.4, 0.5) is 0 Å². The van der Waals surface area contributed by atoms with E-state index in [4.69, 9.17) is 0 Å². The lowest BCUT2D eigenvalue weighted by atomic mass is 10.2. The molecule has 1 heterocycles. The van der Waals surface area contributed by atoms with E-state index in [0.717, 1.165) is 26.2 Å². The molecule has 0 aromatic carbocycles. The zero-order chi connectivity index (χ0) is 9.90. The highest BCUT2D eigenvalue weighted by atomic mass is 16.3. The molecule has 1 atom stereocenters. The Kier molecular flexibility index (Phi) is 3.67. The fraction of sp³-hybridized carbons (Fsp3) is 1.00. The Bertz CT molecular complexity index is 153. The van der Waals surface area contributed by atoms with Gasteiger partial charge in [-0.15, -0.1) is 0 Å². The quantitative estimate of drug-likeness (QED) is 0.524. The Balaban J connectivity index is 2.45. The van der Waals surface area contributed by atoms with Gasteiger partial charge in [-0.2, -0.15) is 0 Å². The fourth-order valence-corrected chi connectivity index (χ4v) is 1.74. The molecule has 0 aliphatic carbocycles. The van der Waals surface area contributed by atoms with Crippen LogP contribution in [0.2, 0.25) is 0 Å². The molecule has 0 amide bonds. The van der Waals surface area contributed by atoms with Gasteiger partial charge in [0.15, 0.2) is 5.85 Å². The standard InChI is InChI=1S/C9H21N3O/c1-8(2)11-9(3,13)12-6-4-10-5-7-12/h8,10-11,13H,4-7H2,1-3H3/t9-/m0/s1. The van der Waals surface area contributed by atoms with Crippen LogP contribution in [0.5, 0.6) is 0 Å². The van der Waals surface area contributed by atoms with Crippen molar-refractivity contribution in [2.45, 2.75) is 32.7 Å². The Hall–Kier alpha value is -0.160. The van der Waals surface area contributed by atoms with Crippen LogP contribution in [0.15, 0.2) is 0 Å². The molecule has 0 saturated carbocycles. The summed E-state index contributed by atoms with van der Waals surface area (Å²) in [4.78, 5) is 2.06. The Labute approximate surface area is 80.3 Å². The van der Waals surface area contributed by atoms with E-state index in [1.165, 1.54) is 0 Å². The van der Waals surface area contributed by atoms with Crippen LogP contribution in [-0.2, 0) is 0 Å². The predicted molar refractivity (Wildman–Crippen MR) is 53.3 cm³/mol. The predicted octanol–water partition coefficient (Wildman–Crippen LogP) is -0.444. The van der Waals surface area contributed by atoms with E-state index in [1.807, 2.05) is 20.8 Å². The Morgan fingerprint density at radius 1 is 1.38 bits per heavy atom. The lowest BCUT2D eigenvalue weighted by Crippen LogP contribution is -2.63. The Morgan fingerprint density at radius 3 is 2.38 bits per heavy atom. The molecule has 4 nitrogen and oxygen atoms in total. The van der Waals surface area contributed by atoms with Gasteiger partial charge in [-0.1, -0.05) is 0 Å². The highest BCUT2D eigenvalue weighted by Crippen LogP contribution is 2.09. The molecule has 0 aromatic heterocycles. The lowest BCUT2D eigenvalue weighted by Gasteiger charge is -2.41. The van der Waals surface area contributed by atoms with Gasteiger partial charge in [0.2, 0.25) is 0 Å². The van der Waals surface area contributed by atoms with Gasteiger partial charge in [0.1, 0.15) is 0 Å². The van der Waals surface area contributed by atoms with Crippen LogP contribution >= 0.6 is 0 Å².